The molecule has 0 saturated carbocycles. The Morgan fingerprint density at radius 3 is 2.81 bits per heavy atom. The number of aromatic nitrogens is 1. The highest BCUT2D eigenvalue weighted by molar-refractivity contribution is 5.65. The molecule has 0 unspecified atom stereocenters. The molecule has 0 bridgehead atoms. The first-order valence-electron chi connectivity index (χ1n) is 5.89. The lowest BCUT2D eigenvalue weighted by Gasteiger charge is -2.14. The second-order valence-corrected chi connectivity index (χ2v) is 3.94. The van der Waals surface area contributed by atoms with Gasteiger partial charge in [0.05, 0.1) is 0 Å². The molecule has 0 aliphatic heterocycles. The summed E-state index contributed by atoms with van der Waals surface area (Å²) in [5, 5.41) is 3.24. The van der Waals surface area contributed by atoms with E-state index in [0.29, 0.717) is 5.92 Å². The number of rotatable bonds is 6. The van der Waals surface area contributed by atoms with E-state index in [9.17, 15) is 0 Å². The Labute approximate surface area is 98.5 Å². The lowest BCUT2D eigenvalue weighted by atomic mass is 9.94. The number of allylic oxidation sites excluding steroid dienone is 1. The number of H-pyrrole nitrogens is 1. The smallest absolute Gasteiger partial charge is 0.0453 e. The van der Waals surface area contributed by atoms with Crippen molar-refractivity contribution in [2.45, 2.75) is 26.2 Å². The van der Waals surface area contributed by atoms with E-state index in [-0.39, 0.29) is 0 Å². The average molecular weight is 218 g/mol. The van der Waals surface area contributed by atoms with E-state index >= 15 is 0 Å². The van der Waals surface area contributed by atoms with Crippen LogP contribution in [0, 0.1) is 0 Å². The summed E-state index contributed by atoms with van der Waals surface area (Å²) in [7, 11) is 2.00. The summed E-state index contributed by atoms with van der Waals surface area (Å²) in [6, 6.07) is 0. The van der Waals surface area contributed by atoms with Crippen molar-refractivity contribution >= 4 is 12.2 Å². The van der Waals surface area contributed by atoms with Gasteiger partial charge in [0.25, 0.3) is 0 Å². The van der Waals surface area contributed by atoms with Crippen molar-refractivity contribution in [1.82, 2.24) is 10.3 Å². The minimum Gasteiger partial charge on any atom is -0.361 e. The van der Waals surface area contributed by atoms with Crippen molar-refractivity contribution in [3.8, 4) is 0 Å². The van der Waals surface area contributed by atoms with Gasteiger partial charge in [0, 0.05) is 24.0 Å². The second kappa shape index (κ2) is 6.33. The van der Waals surface area contributed by atoms with Crippen LogP contribution in [0.15, 0.2) is 18.9 Å². The quantitative estimate of drug-likeness (QED) is 0.752. The average Bonchev–Trinajstić information content (AvgIpc) is 2.69. The normalized spacial score (nSPS) is 13.2. The highest BCUT2D eigenvalue weighted by Gasteiger charge is 2.14. The van der Waals surface area contributed by atoms with Gasteiger partial charge in [-0.3, -0.25) is 0 Å². The van der Waals surface area contributed by atoms with Crippen molar-refractivity contribution in [1.29, 1.82) is 0 Å². The molecule has 1 heterocycles. The SMILES string of the molecule is C=Cc1c([C@@H](CC)CNC)c[nH]c1/C=C\C. The standard InChI is InChI=1S/C14H22N2/c1-5-8-14-12(7-3)13(10-16-14)11(6-2)9-15-4/h5,7-8,10-11,15-16H,3,6,9H2,1-2,4H3/b8-5-/t11-/m0/s1. The van der Waals surface area contributed by atoms with E-state index in [1.54, 1.807) is 0 Å². The molecule has 1 aromatic heterocycles. The molecule has 0 aromatic carbocycles. The molecule has 0 aliphatic carbocycles. The fraction of sp³-hybridized carbons (Fsp3) is 0.429. The van der Waals surface area contributed by atoms with Crippen LogP contribution in [0.25, 0.3) is 12.2 Å². The molecule has 0 radical (unpaired) electrons. The topological polar surface area (TPSA) is 27.8 Å². The summed E-state index contributed by atoms with van der Waals surface area (Å²) in [4.78, 5) is 3.31. The van der Waals surface area contributed by atoms with E-state index in [2.05, 4.69) is 36.1 Å². The van der Waals surface area contributed by atoms with Gasteiger partial charge in [-0.1, -0.05) is 25.7 Å². The van der Waals surface area contributed by atoms with E-state index in [1.165, 1.54) is 11.1 Å². The van der Waals surface area contributed by atoms with Crippen LogP contribution in [-0.4, -0.2) is 18.6 Å². The van der Waals surface area contributed by atoms with Gasteiger partial charge < -0.3 is 10.3 Å². The van der Waals surface area contributed by atoms with Crippen LogP contribution in [0.4, 0.5) is 0 Å². The Hall–Kier alpha value is -1.28. The molecule has 0 spiro atoms. The van der Waals surface area contributed by atoms with Crippen molar-refractivity contribution < 1.29 is 0 Å². The second-order valence-electron chi connectivity index (χ2n) is 3.94. The zero-order chi connectivity index (χ0) is 12.0. The Kier molecular flexibility index (Phi) is 5.06. The molecule has 1 aromatic rings. The molecule has 0 amide bonds. The molecule has 88 valence electrons. The Morgan fingerprint density at radius 1 is 1.56 bits per heavy atom. The molecule has 0 aliphatic rings. The lowest BCUT2D eigenvalue weighted by Crippen LogP contribution is -2.16. The van der Waals surface area contributed by atoms with Gasteiger partial charge in [-0.25, -0.2) is 0 Å². The van der Waals surface area contributed by atoms with E-state index < -0.39 is 0 Å². The number of aromatic amines is 1. The minimum absolute atomic E-state index is 0.549. The summed E-state index contributed by atoms with van der Waals surface area (Å²) in [5.74, 6) is 0.549. The zero-order valence-corrected chi connectivity index (χ0v) is 10.5. The molecule has 2 N–H and O–H groups in total. The molecule has 1 rings (SSSR count). The minimum atomic E-state index is 0.549. The number of hydrogen-bond donors (Lipinski definition) is 2. The number of likely N-dealkylation sites (N-methyl/N-ethyl adjacent to an activating group) is 1. The van der Waals surface area contributed by atoms with E-state index in [4.69, 9.17) is 0 Å². The van der Waals surface area contributed by atoms with Crippen LogP contribution in [-0.2, 0) is 0 Å². The Balaban J connectivity index is 3.07. The van der Waals surface area contributed by atoms with Gasteiger partial charge in [0.15, 0.2) is 0 Å². The third kappa shape index (κ3) is 2.64. The molecule has 16 heavy (non-hydrogen) atoms. The van der Waals surface area contributed by atoms with Crippen molar-refractivity contribution in [2.75, 3.05) is 13.6 Å². The first-order valence-corrected chi connectivity index (χ1v) is 5.89. The van der Waals surface area contributed by atoms with Crippen LogP contribution in [0.5, 0.6) is 0 Å². The summed E-state index contributed by atoms with van der Waals surface area (Å²) in [5.41, 5.74) is 3.75. The van der Waals surface area contributed by atoms with E-state index in [0.717, 1.165) is 18.7 Å². The predicted molar refractivity (Wildman–Crippen MR) is 72.6 cm³/mol. The molecular formula is C14H22N2. The van der Waals surface area contributed by atoms with Crippen molar-refractivity contribution in [3.63, 3.8) is 0 Å². The molecule has 1 atom stereocenters. The third-order valence-corrected chi connectivity index (χ3v) is 2.90. The molecule has 0 saturated heterocycles. The Bertz CT molecular complexity index is 361. The van der Waals surface area contributed by atoms with Crippen molar-refractivity contribution in [2.24, 2.45) is 0 Å². The largest absolute Gasteiger partial charge is 0.361 e. The van der Waals surface area contributed by atoms with Crippen LogP contribution in [0.1, 0.15) is 43.0 Å². The maximum absolute atomic E-state index is 3.91. The first-order chi connectivity index (χ1) is 7.78. The molecule has 2 nitrogen and oxygen atoms in total. The summed E-state index contributed by atoms with van der Waals surface area (Å²) < 4.78 is 0. The predicted octanol–water partition coefficient (Wildman–Crippen LogP) is 3.40. The van der Waals surface area contributed by atoms with Gasteiger partial charge in [0.1, 0.15) is 0 Å². The summed E-state index contributed by atoms with van der Waals surface area (Å²) in [6.07, 6.45) is 9.32. The summed E-state index contributed by atoms with van der Waals surface area (Å²) >= 11 is 0. The van der Waals surface area contributed by atoms with Gasteiger partial charge >= 0.3 is 0 Å². The highest BCUT2D eigenvalue weighted by atomic mass is 14.8. The highest BCUT2D eigenvalue weighted by Crippen LogP contribution is 2.26. The van der Waals surface area contributed by atoms with Crippen LogP contribution in [0.2, 0.25) is 0 Å². The first kappa shape index (κ1) is 12.8. The molecule has 2 heteroatoms. The van der Waals surface area contributed by atoms with Crippen LogP contribution < -0.4 is 5.32 Å². The van der Waals surface area contributed by atoms with Crippen molar-refractivity contribution in [3.05, 3.63) is 35.7 Å². The Morgan fingerprint density at radius 2 is 2.31 bits per heavy atom. The number of nitrogens with one attached hydrogen (secondary N) is 2. The fourth-order valence-electron chi connectivity index (χ4n) is 2.06. The monoisotopic (exact) mass is 218 g/mol. The number of hydrogen-bond acceptors (Lipinski definition) is 1. The van der Waals surface area contributed by atoms with Gasteiger partial charge in [0.2, 0.25) is 0 Å². The van der Waals surface area contributed by atoms with E-state index in [1.807, 2.05) is 26.1 Å². The molecule has 0 fully saturated rings. The zero-order valence-electron chi connectivity index (χ0n) is 10.5. The van der Waals surface area contributed by atoms with Crippen LogP contribution >= 0.6 is 0 Å². The third-order valence-electron chi connectivity index (χ3n) is 2.90. The maximum Gasteiger partial charge on any atom is 0.0453 e. The van der Waals surface area contributed by atoms with Gasteiger partial charge in [-0.05, 0) is 37.9 Å². The molecular weight excluding hydrogens is 196 g/mol. The van der Waals surface area contributed by atoms with Crippen LogP contribution in [0.3, 0.4) is 0 Å². The lowest BCUT2D eigenvalue weighted by molar-refractivity contribution is 0.611. The summed E-state index contributed by atoms with van der Waals surface area (Å²) in [6.45, 7) is 9.16. The maximum atomic E-state index is 3.91. The van der Waals surface area contributed by atoms with Gasteiger partial charge in [-0.2, -0.15) is 0 Å². The van der Waals surface area contributed by atoms with Gasteiger partial charge in [-0.15, -0.1) is 0 Å². The fourth-order valence-corrected chi connectivity index (χ4v) is 2.06.